The average Bonchev–Trinajstić information content (AvgIpc) is 3.40. The lowest BCUT2D eigenvalue weighted by molar-refractivity contribution is -0.147. The molecule has 8 heteroatoms. The lowest BCUT2D eigenvalue weighted by Crippen LogP contribution is -2.37. The molecule has 0 amide bonds. The first-order valence-electron chi connectivity index (χ1n) is 14.1. The maximum absolute atomic E-state index is 12.0. The van der Waals surface area contributed by atoms with Gasteiger partial charge in [0, 0.05) is 24.0 Å². The van der Waals surface area contributed by atoms with Crippen LogP contribution in [-0.2, 0) is 16.1 Å². The lowest BCUT2D eigenvalue weighted by atomic mass is 9.85. The minimum Gasteiger partial charge on any atom is -0.469 e. The summed E-state index contributed by atoms with van der Waals surface area (Å²) in [6, 6.07) is 26.6. The molecule has 2 N–H and O–H groups in total. The highest BCUT2D eigenvalue weighted by atomic mass is 16.5. The second-order valence-electron chi connectivity index (χ2n) is 10.7. The maximum Gasteiger partial charge on any atom is 0.308 e. The number of aromatic nitrogens is 4. The molecular formula is C33H34N6O2. The van der Waals surface area contributed by atoms with E-state index in [2.05, 4.69) is 50.8 Å². The first-order valence-corrected chi connectivity index (χ1v) is 14.1. The van der Waals surface area contributed by atoms with Crippen molar-refractivity contribution in [2.45, 2.75) is 26.3 Å². The fourth-order valence-electron chi connectivity index (χ4n) is 5.76. The summed E-state index contributed by atoms with van der Waals surface area (Å²) < 4.78 is 7.02. The van der Waals surface area contributed by atoms with E-state index in [9.17, 15) is 4.79 Å². The van der Waals surface area contributed by atoms with Crippen LogP contribution >= 0.6 is 0 Å². The van der Waals surface area contributed by atoms with Gasteiger partial charge in [-0.2, -0.15) is 0 Å². The Labute approximate surface area is 239 Å². The highest BCUT2D eigenvalue weighted by Gasteiger charge is 2.28. The SMILES string of the molecule is COC(=O)C(C)C1CCN(Cc2ccc(-n3c(-c4cccnc4N)nc4ccc(-c5ccccc5)nc43)cc2)CC1. The zero-order valence-electron chi connectivity index (χ0n) is 23.4. The van der Waals surface area contributed by atoms with Gasteiger partial charge in [0.25, 0.3) is 0 Å². The number of nitrogen functional groups attached to an aromatic ring is 1. The van der Waals surface area contributed by atoms with E-state index in [0.717, 1.165) is 66.1 Å². The number of esters is 1. The summed E-state index contributed by atoms with van der Waals surface area (Å²) in [5.41, 5.74) is 12.7. The monoisotopic (exact) mass is 546 g/mol. The Morgan fingerprint density at radius 3 is 2.44 bits per heavy atom. The molecule has 0 spiro atoms. The molecule has 1 saturated heterocycles. The van der Waals surface area contributed by atoms with Crippen molar-refractivity contribution in [3.05, 3.63) is 90.6 Å². The molecule has 1 unspecified atom stereocenters. The normalized spacial score (nSPS) is 15.2. The number of methoxy groups -OCH3 is 1. The van der Waals surface area contributed by atoms with Gasteiger partial charge in [-0.15, -0.1) is 0 Å². The third-order valence-electron chi connectivity index (χ3n) is 8.17. The standard InChI is InChI=1S/C33H34N6O2/c1-22(33(40)41-2)24-16-19-38(20-17-24)21-23-10-12-26(13-11-23)39-31(27-9-6-18-35-30(27)34)37-29-15-14-28(36-32(29)39)25-7-4-3-5-8-25/h3-15,18,22,24H,16-17,19-21H2,1-2H3,(H2,34,35). The molecule has 0 bridgehead atoms. The molecule has 3 aromatic heterocycles. The molecule has 1 fully saturated rings. The van der Waals surface area contributed by atoms with Gasteiger partial charge in [0.05, 0.1) is 24.3 Å². The van der Waals surface area contributed by atoms with Crippen LogP contribution in [-0.4, -0.2) is 50.6 Å². The minimum atomic E-state index is -0.108. The molecule has 2 aromatic carbocycles. The second-order valence-corrected chi connectivity index (χ2v) is 10.7. The Morgan fingerprint density at radius 2 is 1.73 bits per heavy atom. The second kappa shape index (κ2) is 11.5. The van der Waals surface area contributed by atoms with E-state index in [4.69, 9.17) is 20.4 Å². The molecule has 0 radical (unpaired) electrons. The third-order valence-corrected chi connectivity index (χ3v) is 8.17. The first kappa shape index (κ1) is 26.7. The van der Waals surface area contributed by atoms with Crippen LogP contribution in [0.15, 0.2) is 85.1 Å². The van der Waals surface area contributed by atoms with E-state index in [0.29, 0.717) is 17.6 Å². The summed E-state index contributed by atoms with van der Waals surface area (Å²) >= 11 is 0. The number of pyridine rings is 2. The molecule has 6 rings (SSSR count). The predicted octanol–water partition coefficient (Wildman–Crippen LogP) is 5.75. The van der Waals surface area contributed by atoms with E-state index in [-0.39, 0.29) is 11.9 Å². The molecule has 8 nitrogen and oxygen atoms in total. The summed E-state index contributed by atoms with van der Waals surface area (Å²) in [4.78, 5) is 28.7. The predicted molar refractivity (Wildman–Crippen MR) is 161 cm³/mol. The third kappa shape index (κ3) is 5.43. The molecule has 5 aromatic rings. The van der Waals surface area contributed by atoms with Gasteiger partial charge < -0.3 is 10.5 Å². The molecule has 41 heavy (non-hydrogen) atoms. The quantitative estimate of drug-likeness (QED) is 0.259. The number of likely N-dealkylation sites (tertiary alicyclic amines) is 1. The smallest absolute Gasteiger partial charge is 0.308 e. The van der Waals surface area contributed by atoms with Crippen molar-refractivity contribution in [1.29, 1.82) is 0 Å². The fourth-order valence-corrected chi connectivity index (χ4v) is 5.76. The Bertz CT molecular complexity index is 1660. The number of rotatable bonds is 7. The van der Waals surface area contributed by atoms with Crippen LogP contribution in [0.3, 0.4) is 0 Å². The number of piperidine rings is 1. The highest BCUT2D eigenvalue weighted by Crippen LogP contribution is 2.32. The topological polar surface area (TPSA) is 99.2 Å². The van der Waals surface area contributed by atoms with Crippen LogP contribution in [0, 0.1) is 11.8 Å². The Hall–Kier alpha value is -4.56. The van der Waals surface area contributed by atoms with Crippen LogP contribution in [0.2, 0.25) is 0 Å². The molecule has 1 atom stereocenters. The van der Waals surface area contributed by atoms with Crippen molar-refractivity contribution in [2.75, 3.05) is 25.9 Å². The van der Waals surface area contributed by atoms with Crippen LogP contribution in [0.25, 0.3) is 39.5 Å². The van der Waals surface area contributed by atoms with Gasteiger partial charge >= 0.3 is 5.97 Å². The minimum absolute atomic E-state index is 0.0505. The van der Waals surface area contributed by atoms with E-state index in [1.54, 1.807) is 6.20 Å². The number of ether oxygens (including phenoxy) is 1. The molecule has 1 aliphatic heterocycles. The number of nitrogens with two attached hydrogens (primary N) is 1. The van der Waals surface area contributed by atoms with Crippen molar-refractivity contribution in [2.24, 2.45) is 11.8 Å². The van der Waals surface area contributed by atoms with Crippen molar-refractivity contribution < 1.29 is 9.53 Å². The van der Waals surface area contributed by atoms with Gasteiger partial charge in [-0.25, -0.2) is 15.0 Å². The zero-order chi connectivity index (χ0) is 28.3. The van der Waals surface area contributed by atoms with Gasteiger partial charge in [0.15, 0.2) is 11.5 Å². The number of hydrogen-bond donors (Lipinski definition) is 1. The summed E-state index contributed by atoms with van der Waals surface area (Å²) in [5, 5.41) is 0. The van der Waals surface area contributed by atoms with Crippen molar-refractivity contribution in [3.63, 3.8) is 0 Å². The molecule has 0 saturated carbocycles. The summed E-state index contributed by atoms with van der Waals surface area (Å²) in [5.74, 6) is 1.35. The molecular weight excluding hydrogens is 512 g/mol. The largest absolute Gasteiger partial charge is 0.469 e. The summed E-state index contributed by atoms with van der Waals surface area (Å²) in [6.45, 7) is 4.78. The number of carbonyl (C=O) groups is 1. The van der Waals surface area contributed by atoms with Crippen LogP contribution < -0.4 is 5.73 Å². The molecule has 0 aliphatic carbocycles. The van der Waals surface area contributed by atoms with Gasteiger partial charge in [-0.05, 0) is 73.8 Å². The van der Waals surface area contributed by atoms with Gasteiger partial charge in [-0.1, -0.05) is 49.4 Å². The van der Waals surface area contributed by atoms with Crippen LogP contribution in [0.5, 0.6) is 0 Å². The number of imidazole rings is 1. The number of fused-ring (bicyclic) bond motifs is 1. The molecule has 1 aliphatic rings. The van der Waals surface area contributed by atoms with Crippen LogP contribution in [0.4, 0.5) is 5.82 Å². The number of benzene rings is 2. The maximum atomic E-state index is 12.0. The zero-order valence-corrected chi connectivity index (χ0v) is 23.4. The average molecular weight is 547 g/mol. The molecule has 208 valence electrons. The van der Waals surface area contributed by atoms with Crippen molar-refractivity contribution >= 4 is 23.0 Å². The van der Waals surface area contributed by atoms with Crippen LogP contribution in [0.1, 0.15) is 25.3 Å². The highest BCUT2D eigenvalue weighted by molar-refractivity contribution is 5.84. The number of hydrogen-bond acceptors (Lipinski definition) is 7. The van der Waals surface area contributed by atoms with E-state index in [1.807, 2.05) is 49.4 Å². The Kier molecular flexibility index (Phi) is 7.48. The molecule has 4 heterocycles. The number of nitrogens with zero attached hydrogens (tertiary/aromatic N) is 5. The summed E-state index contributed by atoms with van der Waals surface area (Å²) in [7, 11) is 1.47. The summed E-state index contributed by atoms with van der Waals surface area (Å²) in [6.07, 6.45) is 3.69. The fraction of sp³-hybridized carbons (Fsp3) is 0.273. The Balaban J connectivity index is 1.30. The van der Waals surface area contributed by atoms with E-state index >= 15 is 0 Å². The van der Waals surface area contributed by atoms with Gasteiger partial charge in [0.2, 0.25) is 0 Å². The van der Waals surface area contributed by atoms with Gasteiger partial charge in [0.1, 0.15) is 11.3 Å². The first-order chi connectivity index (χ1) is 20.0. The van der Waals surface area contributed by atoms with E-state index in [1.165, 1.54) is 12.7 Å². The van der Waals surface area contributed by atoms with E-state index < -0.39 is 0 Å². The Morgan fingerprint density at radius 1 is 0.976 bits per heavy atom. The van der Waals surface area contributed by atoms with Crippen molar-refractivity contribution in [1.82, 2.24) is 24.4 Å². The number of anilines is 1. The van der Waals surface area contributed by atoms with Gasteiger partial charge in [-0.3, -0.25) is 14.3 Å². The number of carbonyl (C=O) groups excluding carboxylic acids is 1. The van der Waals surface area contributed by atoms with Crippen molar-refractivity contribution in [3.8, 4) is 28.3 Å². The lowest BCUT2D eigenvalue weighted by Gasteiger charge is -2.34.